The van der Waals surface area contributed by atoms with Crippen molar-refractivity contribution in [3.63, 3.8) is 0 Å². The molecule has 1 fully saturated rings. The second kappa shape index (κ2) is 7.32. The van der Waals surface area contributed by atoms with Gasteiger partial charge in [0.1, 0.15) is 5.69 Å². The summed E-state index contributed by atoms with van der Waals surface area (Å²) in [5.41, 5.74) is 2.48. The molecule has 138 valence electrons. The number of rotatable bonds is 4. The Hall–Kier alpha value is -3.00. The van der Waals surface area contributed by atoms with Gasteiger partial charge in [0, 0.05) is 25.5 Å². The number of nitrogens with zero attached hydrogens (tertiary/aromatic N) is 3. The summed E-state index contributed by atoms with van der Waals surface area (Å²) >= 11 is 1.38. The van der Waals surface area contributed by atoms with Gasteiger partial charge in [0.15, 0.2) is 5.13 Å². The Morgan fingerprint density at radius 3 is 2.81 bits per heavy atom. The quantitative estimate of drug-likeness (QED) is 0.725. The predicted octanol–water partition coefficient (Wildman–Crippen LogP) is 3.33. The fourth-order valence-corrected chi connectivity index (χ4v) is 4.03. The molecule has 0 bridgehead atoms. The molecule has 0 radical (unpaired) electrons. The van der Waals surface area contributed by atoms with Crippen molar-refractivity contribution in [2.24, 2.45) is 0 Å². The Morgan fingerprint density at radius 2 is 2.07 bits per heavy atom. The van der Waals surface area contributed by atoms with E-state index in [0.717, 1.165) is 42.2 Å². The molecule has 1 aliphatic rings. The van der Waals surface area contributed by atoms with Gasteiger partial charge in [0.25, 0.3) is 11.8 Å². The van der Waals surface area contributed by atoms with E-state index in [-0.39, 0.29) is 11.8 Å². The van der Waals surface area contributed by atoms with Gasteiger partial charge >= 0.3 is 0 Å². The molecule has 0 saturated carbocycles. The molecule has 0 atom stereocenters. The molecule has 1 saturated heterocycles. The SMILES string of the molecule is Cc1nc(NC(=O)c2c[nH]c(C(=O)N3CCCC3)c2)sc1-c1ccccn1. The van der Waals surface area contributed by atoms with Gasteiger partial charge in [0.2, 0.25) is 0 Å². The monoisotopic (exact) mass is 381 g/mol. The number of amides is 2. The van der Waals surface area contributed by atoms with E-state index in [1.54, 1.807) is 23.4 Å². The Bertz CT molecular complexity index is 973. The first-order chi connectivity index (χ1) is 13.1. The van der Waals surface area contributed by atoms with Crippen LogP contribution in [0.2, 0.25) is 0 Å². The van der Waals surface area contributed by atoms with Gasteiger partial charge in [-0.15, -0.1) is 0 Å². The Labute approximate surface area is 160 Å². The lowest BCUT2D eigenvalue weighted by Crippen LogP contribution is -2.27. The molecule has 7 nitrogen and oxygen atoms in total. The number of hydrogen-bond donors (Lipinski definition) is 2. The number of thiazole rings is 1. The minimum Gasteiger partial charge on any atom is -0.356 e. The first-order valence-electron chi connectivity index (χ1n) is 8.79. The van der Waals surface area contributed by atoms with Crippen molar-refractivity contribution in [1.82, 2.24) is 19.9 Å². The summed E-state index contributed by atoms with van der Waals surface area (Å²) in [6.07, 6.45) is 5.34. The van der Waals surface area contributed by atoms with Gasteiger partial charge in [0.05, 0.1) is 21.8 Å². The van der Waals surface area contributed by atoms with Crippen LogP contribution in [0.4, 0.5) is 5.13 Å². The number of aryl methyl sites for hydroxylation is 1. The fourth-order valence-electron chi connectivity index (χ4n) is 3.09. The summed E-state index contributed by atoms with van der Waals surface area (Å²) in [6, 6.07) is 7.28. The van der Waals surface area contributed by atoms with Crippen LogP contribution in [0.3, 0.4) is 0 Å². The molecule has 2 N–H and O–H groups in total. The molecule has 0 aromatic carbocycles. The lowest BCUT2D eigenvalue weighted by atomic mass is 10.3. The smallest absolute Gasteiger partial charge is 0.270 e. The van der Waals surface area contributed by atoms with Crippen LogP contribution in [-0.2, 0) is 0 Å². The highest BCUT2D eigenvalue weighted by molar-refractivity contribution is 7.19. The minimum absolute atomic E-state index is 0.0610. The van der Waals surface area contributed by atoms with Crippen molar-refractivity contribution in [3.8, 4) is 10.6 Å². The molecule has 3 aromatic heterocycles. The van der Waals surface area contributed by atoms with Crippen molar-refractivity contribution >= 4 is 28.3 Å². The zero-order chi connectivity index (χ0) is 18.8. The van der Waals surface area contributed by atoms with Crippen molar-refractivity contribution in [2.45, 2.75) is 19.8 Å². The van der Waals surface area contributed by atoms with Crippen LogP contribution in [0.25, 0.3) is 10.6 Å². The van der Waals surface area contributed by atoms with E-state index in [2.05, 4.69) is 20.3 Å². The number of carbonyl (C=O) groups excluding carboxylic acids is 2. The molecular formula is C19H19N5O2S. The summed E-state index contributed by atoms with van der Waals surface area (Å²) in [6.45, 7) is 3.43. The topological polar surface area (TPSA) is 91.0 Å². The molecule has 27 heavy (non-hydrogen) atoms. The lowest BCUT2D eigenvalue weighted by molar-refractivity contribution is 0.0787. The van der Waals surface area contributed by atoms with E-state index in [1.165, 1.54) is 11.3 Å². The molecule has 0 unspecified atom stereocenters. The molecular weight excluding hydrogens is 362 g/mol. The standard InChI is InChI=1S/C19H19N5O2S/c1-12-16(14-6-2-3-7-20-14)27-19(22-12)23-17(25)13-10-15(21-11-13)18(26)24-8-4-5-9-24/h2-3,6-7,10-11,21H,4-5,8-9H2,1H3,(H,22,23,25). The van der Waals surface area contributed by atoms with Crippen molar-refractivity contribution in [1.29, 1.82) is 0 Å². The van der Waals surface area contributed by atoms with Crippen LogP contribution in [0, 0.1) is 6.92 Å². The number of pyridine rings is 1. The highest BCUT2D eigenvalue weighted by Crippen LogP contribution is 2.31. The highest BCUT2D eigenvalue weighted by atomic mass is 32.1. The maximum Gasteiger partial charge on any atom is 0.270 e. The first kappa shape index (κ1) is 17.4. The summed E-state index contributed by atoms with van der Waals surface area (Å²) in [5, 5.41) is 3.31. The molecule has 0 spiro atoms. The van der Waals surface area contributed by atoms with E-state index in [4.69, 9.17) is 0 Å². The zero-order valence-electron chi connectivity index (χ0n) is 14.9. The Kier molecular flexibility index (Phi) is 4.72. The zero-order valence-corrected chi connectivity index (χ0v) is 15.7. The molecule has 4 rings (SSSR count). The normalized spacial score (nSPS) is 13.7. The average molecular weight is 381 g/mol. The van der Waals surface area contributed by atoms with E-state index >= 15 is 0 Å². The van der Waals surface area contributed by atoms with E-state index in [1.807, 2.05) is 25.1 Å². The third kappa shape index (κ3) is 3.61. The third-order valence-electron chi connectivity index (χ3n) is 4.48. The number of likely N-dealkylation sites (tertiary alicyclic amines) is 1. The fraction of sp³-hybridized carbons (Fsp3) is 0.263. The van der Waals surface area contributed by atoms with Crippen molar-refractivity contribution in [3.05, 3.63) is 53.6 Å². The number of anilines is 1. The van der Waals surface area contributed by atoms with Crippen molar-refractivity contribution in [2.75, 3.05) is 18.4 Å². The number of hydrogen-bond acceptors (Lipinski definition) is 5. The lowest BCUT2D eigenvalue weighted by Gasteiger charge is -2.13. The number of aromatic amines is 1. The van der Waals surface area contributed by atoms with E-state index in [0.29, 0.717) is 16.4 Å². The molecule has 3 aromatic rings. The molecule has 8 heteroatoms. The summed E-state index contributed by atoms with van der Waals surface area (Å²) in [5.74, 6) is -0.359. The van der Waals surface area contributed by atoms with Gasteiger partial charge < -0.3 is 9.88 Å². The highest BCUT2D eigenvalue weighted by Gasteiger charge is 2.22. The van der Waals surface area contributed by atoms with E-state index < -0.39 is 0 Å². The second-order valence-electron chi connectivity index (χ2n) is 6.40. The van der Waals surface area contributed by atoms with Gasteiger partial charge in [-0.1, -0.05) is 17.4 Å². The maximum atomic E-state index is 12.5. The summed E-state index contributed by atoms with van der Waals surface area (Å²) in [7, 11) is 0. The van der Waals surface area contributed by atoms with Crippen LogP contribution < -0.4 is 5.32 Å². The first-order valence-corrected chi connectivity index (χ1v) is 9.61. The van der Waals surface area contributed by atoms with Gasteiger partial charge in [-0.2, -0.15) is 0 Å². The van der Waals surface area contributed by atoms with Gasteiger partial charge in [-0.05, 0) is 38.0 Å². The molecule has 2 amide bonds. The van der Waals surface area contributed by atoms with Crippen LogP contribution in [0.1, 0.15) is 39.4 Å². The van der Waals surface area contributed by atoms with Crippen LogP contribution in [0.5, 0.6) is 0 Å². The van der Waals surface area contributed by atoms with Crippen molar-refractivity contribution < 1.29 is 9.59 Å². The second-order valence-corrected chi connectivity index (χ2v) is 7.40. The predicted molar refractivity (Wildman–Crippen MR) is 104 cm³/mol. The van der Waals surface area contributed by atoms with Gasteiger partial charge in [-0.25, -0.2) is 4.98 Å². The number of nitrogens with one attached hydrogen (secondary N) is 2. The number of H-pyrrole nitrogens is 1. The average Bonchev–Trinajstić information content (AvgIpc) is 3.43. The number of carbonyl (C=O) groups is 2. The minimum atomic E-state index is -0.298. The largest absolute Gasteiger partial charge is 0.356 e. The number of aromatic nitrogens is 3. The summed E-state index contributed by atoms with van der Waals surface area (Å²) < 4.78 is 0. The molecule has 1 aliphatic heterocycles. The van der Waals surface area contributed by atoms with E-state index in [9.17, 15) is 9.59 Å². The molecule has 0 aliphatic carbocycles. The van der Waals surface area contributed by atoms with Crippen LogP contribution in [0.15, 0.2) is 36.7 Å². The summed E-state index contributed by atoms with van der Waals surface area (Å²) in [4.78, 5) is 39.3. The third-order valence-corrected chi connectivity index (χ3v) is 5.58. The maximum absolute atomic E-state index is 12.5. The Morgan fingerprint density at radius 1 is 1.26 bits per heavy atom. The van der Waals surface area contributed by atoms with Crippen LogP contribution >= 0.6 is 11.3 Å². The van der Waals surface area contributed by atoms with Gasteiger partial charge in [-0.3, -0.25) is 19.9 Å². The van der Waals surface area contributed by atoms with Crippen LogP contribution in [-0.4, -0.2) is 44.8 Å². The Balaban J connectivity index is 1.48. The molecule has 4 heterocycles.